The molecule has 276 valence electrons. The summed E-state index contributed by atoms with van der Waals surface area (Å²) in [6.07, 6.45) is 7.67. The van der Waals surface area contributed by atoms with Crippen molar-refractivity contribution in [2.45, 2.75) is 126 Å². The molecule has 0 aromatic heterocycles. The molecule has 0 spiro atoms. The van der Waals surface area contributed by atoms with Crippen molar-refractivity contribution in [1.29, 1.82) is 0 Å². The first kappa shape index (κ1) is 47.7. The maximum atomic E-state index is 11.3. The van der Waals surface area contributed by atoms with Crippen LogP contribution in [-0.4, -0.2) is 68.7 Å². The smallest absolute Gasteiger partial charge is 0.305 e. The van der Waals surface area contributed by atoms with Gasteiger partial charge in [0.2, 0.25) is 0 Å². The Balaban J connectivity index is 0. The van der Waals surface area contributed by atoms with Gasteiger partial charge in [-0.2, -0.15) is 0 Å². The third-order valence-electron chi connectivity index (χ3n) is 7.47. The number of nitrogens with zero attached hydrogens (tertiary/aromatic N) is 1. The molecular weight excluding hydrogens is 666 g/mol. The van der Waals surface area contributed by atoms with Crippen LogP contribution in [0, 0.1) is 0 Å². The summed E-state index contributed by atoms with van der Waals surface area (Å²) in [5.41, 5.74) is 2.58. The van der Waals surface area contributed by atoms with Gasteiger partial charge in [-0.1, -0.05) is 79.0 Å². The number of nitrogens with one attached hydrogen (secondary N) is 1. The molecule has 0 amide bonds. The second-order valence-corrected chi connectivity index (χ2v) is 13.0. The molecule has 3 N–H and O–H groups in total. The molecule has 7 nitrogen and oxygen atoms in total. The van der Waals surface area contributed by atoms with E-state index in [9.17, 15) is 9.59 Å². The van der Waals surface area contributed by atoms with E-state index in [-0.39, 0.29) is 11.9 Å². The van der Waals surface area contributed by atoms with Gasteiger partial charge in [0.1, 0.15) is 5.69 Å². The third kappa shape index (κ3) is 28.6. The van der Waals surface area contributed by atoms with E-state index in [1.165, 1.54) is 50.1 Å². The monoisotopic (exact) mass is 737 g/mol. The first-order valence-electron chi connectivity index (χ1n) is 18.5. The van der Waals surface area contributed by atoms with E-state index in [0.29, 0.717) is 26.1 Å². The van der Waals surface area contributed by atoms with Gasteiger partial charge in [0.05, 0.1) is 38.4 Å². The van der Waals surface area contributed by atoms with Crippen LogP contribution in [0.1, 0.15) is 114 Å². The lowest BCUT2D eigenvalue weighted by Gasteiger charge is -2.25. The van der Waals surface area contributed by atoms with E-state index < -0.39 is 0 Å². The molecule has 0 saturated carbocycles. The lowest BCUT2D eigenvalue weighted by Crippen LogP contribution is -3.17. The van der Waals surface area contributed by atoms with Gasteiger partial charge in [-0.3, -0.25) is 9.59 Å². The van der Waals surface area contributed by atoms with E-state index in [1.807, 2.05) is 19.9 Å². The predicted molar refractivity (Wildman–Crippen MR) is 209 cm³/mol. The summed E-state index contributed by atoms with van der Waals surface area (Å²) in [6, 6.07) is 22.4. The number of alkyl halides is 1. The number of nitrogens with two attached hydrogens (primary N) is 1. The number of anilines is 1. The summed E-state index contributed by atoms with van der Waals surface area (Å²) in [6.45, 7) is 24.8. The van der Waals surface area contributed by atoms with Crippen LogP contribution >= 0.6 is 15.9 Å². The first-order chi connectivity index (χ1) is 23.1. The molecule has 0 heterocycles. The zero-order chi connectivity index (χ0) is 36.4. The number of esters is 2. The number of halogens is 1. The van der Waals surface area contributed by atoms with Gasteiger partial charge in [-0.05, 0) is 98.4 Å². The van der Waals surface area contributed by atoms with Gasteiger partial charge in [-0.15, -0.1) is 0 Å². The van der Waals surface area contributed by atoms with Crippen LogP contribution in [0.25, 0.3) is 0 Å². The minimum absolute atomic E-state index is 0.0917. The van der Waals surface area contributed by atoms with Gasteiger partial charge in [0.15, 0.2) is 0 Å². The number of hydrogen-bond acceptors (Lipinski definition) is 5. The maximum Gasteiger partial charge on any atom is 0.305 e. The number of quaternary nitrogens is 2. The molecule has 0 aliphatic heterocycles. The number of ether oxygens (including phenoxy) is 2. The lowest BCUT2D eigenvalue weighted by atomic mass is 10.2. The molecule has 0 atom stereocenters. The Labute approximate surface area is 303 Å². The minimum atomic E-state index is -0.100. The van der Waals surface area contributed by atoms with Crippen molar-refractivity contribution >= 4 is 39.2 Å². The number of carbonyl (C=O) groups is 2. The topological polar surface area (TPSA) is 76.9 Å². The zero-order valence-corrected chi connectivity index (χ0v) is 33.7. The fraction of sp³-hybridized carbons (Fsp3) is 0.650. The summed E-state index contributed by atoms with van der Waals surface area (Å²) in [5.74, 6) is -0.192. The van der Waals surface area contributed by atoms with Crippen LogP contribution in [-0.2, 0) is 19.1 Å². The lowest BCUT2D eigenvalue weighted by molar-refractivity contribution is -0.940. The summed E-state index contributed by atoms with van der Waals surface area (Å²) >= 11 is 3.22. The van der Waals surface area contributed by atoms with E-state index in [2.05, 4.69) is 134 Å². The number of benzene rings is 2. The minimum Gasteiger partial charge on any atom is -0.466 e. The van der Waals surface area contributed by atoms with Crippen molar-refractivity contribution in [3.63, 3.8) is 0 Å². The highest BCUT2D eigenvalue weighted by Crippen LogP contribution is 2.15. The molecule has 0 unspecified atom stereocenters. The second-order valence-electron chi connectivity index (χ2n) is 12.2. The van der Waals surface area contributed by atoms with E-state index in [4.69, 9.17) is 4.74 Å². The molecule has 2 rings (SSSR count). The van der Waals surface area contributed by atoms with Crippen LogP contribution in [0.3, 0.4) is 0 Å². The van der Waals surface area contributed by atoms with Crippen molar-refractivity contribution in [3.8, 4) is 0 Å². The average Bonchev–Trinajstić information content (AvgIpc) is 3.07. The molecule has 0 saturated heterocycles. The summed E-state index contributed by atoms with van der Waals surface area (Å²) in [4.78, 5) is 25.9. The molecule has 8 heteroatoms. The number of para-hydroxylation sites is 2. The SMILES string of the molecule is CCCCN(CCCC(=O)OCC)c1ccccc1.CCCC[NH2+]c1ccccc1.CCOC(=O)CCCBr.CC[NH+](C(C)C)C(C)C. The standard InChI is InChI=1S/C16H25NO2.C10H15N.C8H19N.C6H11BrO2/c1-3-5-13-17(15-10-7-6-8-11-15)14-9-12-16(18)19-4-2;1-2-3-9-11-10-7-5-4-6-8-10;1-6-9(7(2)3)8(4)5;1-2-9-6(8)4-3-5-7/h6-8,10-11H,3-5,9,12-14H2,1-2H3;4-8,11H,2-3,9H2,1H3;7-8H,6H2,1-5H3;2-5H2,1H3/p+2. The number of rotatable bonds is 20. The average molecular weight is 739 g/mol. The predicted octanol–water partition coefficient (Wildman–Crippen LogP) is 7.75. The molecule has 48 heavy (non-hydrogen) atoms. The number of carbonyl (C=O) groups excluding carboxylic acids is 2. The Bertz CT molecular complexity index is 969. The Morgan fingerprint density at radius 2 is 1.19 bits per heavy atom. The van der Waals surface area contributed by atoms with E-state index in [0.717, 1.165) is 43.3 Å². The second kappa shape index (κ2) is 34.4. The van der Waals surface area contributed by atoms with Crippen molar-refractivity contribution in [2.24, 2.45) is 0 Å². The fourth-order valence-corrected chi connectivity index (χ4v) is 5.28. The highest BCUT2D eigenvalue weighted by atomic mass is 79.9. The third-order valence-corrected chi connectivity index (χ3v) is 8.03. The first-order valence-corrected chi connectivity index (χ1v) is 19.6. The van der Waals surface area contributed by atoms with Crippen molar-refractivity contribution in [3.05, 3.63) is 60.7 Å². The largest absolute Gasteiger partial charge is 0.466 e. The fourth-order valence-electron chi connectivity index (χ4n) is 4.99. The van der Waals surface area contributed by atoms with Gasteiger partial charge >= 0.3 is 11.9 Å². The van der Waals surface area contributed by atoms with Crippen molar-refractivity contribution in [2.75, 3.05) is 49.6 Å². The number of unbranched alkanes of at least 4 members (excludes halogenated alkanes) is 2. The molecule has 0 fully saturated rings. The highest BCUT2D eigenvalue weighted by molar-refractivity contribution is 9.09. The van der Waals surface area contributed by atoms with Crippen molar-refractivity contribution in [1.82, 2.24) is 0 Å². The summed E-state index contributed by atoms with van der Waals surface area (Å²) in [5, 5.41) is 3.16. The quantitative estimate of drug-likeness (QED) is 0.0629. The van der Waals surface area contributed by atoms with E-state index >= 15 is 0 Å². The highest BCUT2D eigenvalue weighted by Gasteiger charge is 2.13. The molecule has 2 aromatic carbocycles. The summed E-state index contributed by atoms with van der Waals surface area (Å²) in [7, 11) is 0. The van der Waals surface area contributed by atoms with Crippen LogP contribution < -0.4 is 15.1 Å². The Morgan fingerprint density at radius 1 is 0.708 bits per heavy atom. The Hall–Kier alpha value is -2.42. The molecular formula is C40H72BrN3O4+2. The van der Waals surface area contributed by atoms with Gasteiger partial charge in [0, 0.05) is 36.9 Å². The Morgan fingerprint density at radius 3 is 1.60 bits per heavy atom. The number of hydrogen-bond donors (Lipinski definition) is 2. The summed E-state index contributed by atoms with van der Waals surface area (Å²) < 4.78 is 9.64. The van der Waals surface area contributed by atoms with Crippen LogP contribution in [0.2, 0.25) is 0 Å². The zero-order valence-electron chi connectivity index (χ0n) is 32.1. The molecule has 0 aliphatic rings. The molecule has 0 bridgehead atoms. The Kier molecular flexibility index (Phi) is 34.2. The maximum absolute atomic E-state index is 11.3. The van der Waals surface area contributed by atoms with Crippen LogP contribution in [0.5, 0.6) is 0 Å². The van der Waals surface area contributed by atoms with Crippen LogP contribution in [0.15, 0.2) is 60.7 Å². The van der Waals surface area contributed by atoms with Gasteiger partial charge in [0.25, 0.3) is 0 Å². The van der Waals surface area contributed by atoms with Gasteiger partial charge in [-0.25, -0.2) is 0 Å². The molecule has 0 aliphatic carbocycles. The van der Waals surface area contributed by atoms with E-state index in [1.54, 1.807) is 4.90 Å². The van der Waals surface area contributed by atoms with Crippen LogP contribution in [0.4, 0.5) is 11.4 Å². The normalized spacial score (nSPS) is 10.3. The molecule has 0 radical (unpaired) electrons. The van der Waals surface area contributed by atoms with Gasteiger partial charge < -0.3 is 24.6 Å². The van der Waals surface area contributed by atoms with Crippen molar-refractivity contribution < 1.29 is 29.3 Å². The molecule has 2 aromatic rings.